The van der Waals surface area contributed by atoms with E-state index in [9.17, 15) is 21.6 Å². The number of nitrogens with one attached hydrogen (secondary N) is 1. The lowest BCUT2D eigenvalue weighted by molar-refractivity contribution is -0.274. The van der Waals surface area contributed by atoms with Crippen LogP contribution in [0.5, 0.6) is 5.75 Å². The van der Waals surface area contributed by atoms with Gasteiger partial charge in [-0.2, -0.15) is 0 Å². The average Bonchev–Trinajstić information content (AvgIpc) is 2.26. The van der Waals surface area contributed by atoms with Gasteiger partial charge < -0.3 is 9.84 Å². The Morgan fingerprint density at radius 2 is 2.05 bits per heavy atom. The number of aliphatic hydroxyl groups is 1. The van der Waals surface area contributed by atoms with Crippen LogP contribution in [0.3, 0.4) is 0 Å². The van der Waals surface area contributed by atoms with E-state index in [0.29, 0.717) is 0 Å². The van der Waals surface area contributed by atoms with Gasteiger partial charge in [0.25, 0.3) is 0 Å². The van der Waals surface area contributed by atoms with Gasteiger partial charge in [-0.25, -0.2) is 13.1 Å². The van der Waals surface area contributed by atoms with Crippen molar-refractivity contribution < 1.29 is 31.4 Å². The summed E-state index contributed by atoms with van der Waals surface area (Å²) in [7, 11) is -4.01. The van der Waals surface area contributed by atoms with E-state index in [2.05, 4.69) is 9.46 Å². The van der Waals surface area contributed by atoms with Gasteiger partial charge in [-0.15, -0.1) is 13.2 Å². The Balaban J connectivity index is 2.99. The molecule has 1 atom stereocenters. The molecule has 0 aliphatic heterocycles. The lowest BCUT2D eigenvalue weighted by Gasteiger charge is -2.13. The van der Waals surface area contributed by atoms with Gasteiger partial charge in [0.2, 0.25) is 10.0 Å². The summed E-state index contributed by atoms with van der Waals surface area (Å²) in [6.45, 7) is 0.978. The SMILES string of the molecule is C[C@H](CO)NS(=O)(=O)c1cccc(OC(F)(F)F)c1. The predicted octanol–water partition coefficient (Wildman–Crippen LogP) is 1.24. The minimum atomic E-state index is -4.89. The lowest BCUT2D eigenvalue weighted by atomic mass is 10.3. The van der Waals surface area contributed by atoms with Crippen molar-refractivity contribution in [1.82, 2.24) is 4.72 Å². The van der Waals surface area contributed by atoms with Crippen LogP contribution in [-0.2, 0) is 10.0 Å². The van der Waals surface area contributed by atoms with Crippen LogP contribution in [0.1, 0.15) is 6.92 Å². The van der Waals surface area contributed by atoms with Crippen molar-refractivity contribution in [2.45, 2.75) is 24.2 Å². The predicted molar refractivity (Wildman–Crippen MR) is 60.0 cm³/mol. The molecule has 1 rings (SSSR count). The zero-order valence-corrected chi connectivity index (χ0v) is 10.6. The Labute approximate surface area is 108 Å². The van der Waals surface area contributed by atoms with Crippen molar-refractivity contribution in [1.29, 1.82) is 0 Å². The summed E-state index contributed by atoms with van der Waals surface area (Å²) < 4.78 is 65.3. The zero-order chi connectivity index (χ0) is 14.7. The average molecular weight is 299 g/mol. The van der Waals surface area contributed by atoms with Gasteiger partial charge in [0, 0.05) is 12.1 Å². The lowest BCUT2D eigenvalue weighted by Crippen LogP contribution is -2.35. The molecule has 19 heavy (non-hydrogen) atoms. The maximum atomic E-state index is 12.0. The first-order chi connectivity index (χ1) is 8.64. The number of hydrogen-bond donors (Lipinski definition) is 2. The second-order valence-corrected chi connectivity index (χ2v) is 5.44. The summed E-state index contributed by atoms with van der Waals surface area (Å²) in [4.78, 5) is -0.380. The van der Waals surface area contributed by atoms with Crippen LogP contribution in [0.2, 0.25) is 0 Å². The summed E-state index contributed by atoms with van der Waals surface area (Å²) in [5.41, 5.74) is 0. The van der Waals surface area contributed by atoms with Gasteiger partial charge in [-0.1, -0.05) is 6.07 Å². The smallest absolute Gasteiger partial charge is 0.406 e. The molecule has 0 spiro atoms. The fourth-order valence-corrected chi connectivity index (χ4v) is 2.48. The van der Waals surface area contributed by atoms with Crippen LogP contribution in [0.25, 0.3) is 0 Å². The van der Waals surface area contributed by atoms with E-state index >= 15 is 0 Å². The van der Waals surface area contributed by atoms with Crippen molar-refractivity contribution in [3.05, 3.63) is 24.3 Å². The minimum absolute atomic E-state index is 0.380. The zero-order valence-electron chi connectivity index (χ0n) is 9.81. The van der Waals surface area contributed by atoms with Gasteiger partial charge >= 0.3 is 6.36 Å². The molecule has 0 saturated carbocycles. The van der Waals surface area contributed by atoms with E-state index in [1.54, 1.807) is 0 Å². The Morgan fingerprint density at radius 1 is 1.42 bits per heavy atom. The molecule has 1 aromatic carbocycles. The molecule has 1 aromatic rings. The molecule has 108 valence electrons. The van der Waals surface area contributed by atoms with Gasteiger partial charge in [-0.3, -0.25) is 0 Å². The number of ether oxygens (including phenoxy) is 1. The van der Waals surface area contributed by atoms with Crippen molar-refractivity contribution in [2.24, 2.45) is 0 Å². The monoisotopic (exact) mass is 299 g/mol. The van der Waals surface area contributed by atoms with E-state index in [1.165, 1.54) is 6.92 Å². The number of hydrogen-bond acceptors (Lipinski definition) is 4. The topological polar surface area (TPSA) is 75.6 Å². The molecule has 0 fully saturated rings. The quantitative estimate of drug-likeness (QED) is 0.858. The van der Waals surface area contributed by atoms with Crippen molar-refractivity contribution >= 4 is 10.0 Å². The molecule has 0 aliphatic rings. The first-order valence-corrected chi connectivity index (χ1v) is 6.61. The van der Waals surface area contributed by atoms with Crippen LogP contribution in [0, 0.1) is 0 Å². The third-order valence-corrected chi connectivity index (χ3v) is 3.57. The van der Waals surface area contributed by atoms with E-state index in [-0.39, 0.29) is 4.90 Å². The van der Waals surface area contributed by atoms with E-state index < -0.39 is 34.8 Å². The summed E-state index contributed by atoms with van der Waals surface area (Å²) in [5.74, 6) is -0.632. The normalized spacial score (nSPS) is 14.2. The Morgan fingerprint density at radius 3 is 2.58 bits per heavy atom. The van der Waals surface area contributed by atoms with E-state index in [1.807, 2.05) is 0 Å². The molecular formula is C10H12F3NO4S. The maximum absolute atomic E-state index is 12.0. The number of aliphatic hydroxyl groups excluding tert-OH is 1. The highest BCUT2D eigenvalue weighted by Crippen LogP contribution is 2.24. The maximum Gasteiger partial charge on any atom is 0.573 e. The highest BCUT2D eigenvalue weighted by molar-refractivity contribution is 7.89. The van der Waals surface area contributed by atoms with Crippen LogP contribution in [0.4, 0.5) is 13.2 Å². The van der Waals surface area contributed by atoms with Gasteiger partial charge in [0.1, 0.15) is 5.75 Å². The van der Waals surface area contributed by atoms with Crippen LogP contribution in [0.15, 0.2) is 29.2 Å². The number of alkyl halides is 3. The van der Waals surface area contributed by atoms with Crippen LogP contribution < -0.4 is 9.46 Å². The third-order valence-electron chi connectivity index (χ3n) is 1.98. The molecule has 0 amide bonds. The molecule has 0 bridgehead atoms. The van der Waals surface area contributed by atoms with E-state index in [4.69, 9.17) is 5.11 Å². The van der Waals surface area contributed by atoms with Crippen molar-refractivity contribution in [2.75, 3.05) is 6.61 Å². The highest BCUT2D eigenvalue weighted by Gasteiger charge is 2.31. The molecule has 0 aromatic heterocycles. The molecule has 0 heterocycles. The number of halogens is 3. The molecule has 2 N–H and O–H groups in total. The number of benzene rings is 1. The van der Waals surface area contributed by atoms with Gasteiger partial charge in [0.05, 0.1) is 11.5 Å². The second-order valence-electron chi connectivity index (χ2n) is 3.73. The molecule has 0 radical (unpaired) electrons. The number of rotatable bonds is 5. The Hall–Kier alpha value is -1.32. The molecule has 9 heteroatoms. The Kier molecular flexibility index (Phi) is 4.77. The third kappa shape index (κ3) is 5.05. The summed E-state index contributed by atoms with van der Waals surface area (Å²) >= 11 is 0. The Bertz CT molecular complexity index is 530. The fraction of sp³-hybridized carbons (Fsp3) is 0.400. The minimum Gasteiger partial charge on any atom is -0.406 e. The largest absolute Gasteiger partial charge is 0.573 e. The van der Waals surface area contributed by atoms with Crippen LogP contribution in [-0.4, -0.2) is 32.5 Å². The summed E-state index contributed by atoms with van der Waals surface area (Å²) in [6.07, 6.45) is -4.89. The number of sulfonamides is 1. The molecular weight excluding hydrogens is 287 g/mol. The summed E-state index contributed by atoms with van der Waals surface area (Å²) in [6, 6.07) is 3.23. The van der Waals surface area contributed by atoms with Crippen molar-refractivity contribution in [3.63, 3.8) is 0 Å². The molecule has 0 aliphatic carbocycles. The second kappa shape index (κ2) is 5.76. The summed E-state index contributed by atoms with van der Waals surface area (Å²) in [5, 5.41) is 8.75. The highest BCUT2D eigenvalue weighted by atomic mass is 32.2. The van der Waals surface area contributed by atoms with Gasteiger partial charge in [-0.05, 0) is 19.1 Å². The molecule has 5 nitrogen and oxygen atoms in total. The molecule has 0 unspecified atom stereocenters. The van der Waals surface area contributed by atoms with Crippen molar-refractivity contribution in [3.8, 4) is 5.75 Å². The first-order valence-electron chi connectivity index (χ1n) is 5.13. The molecule has 0 saturated heterocycles. The van der Waals surface area contributed by atoms with Crippen LogP contribution >= 0.6 is 0 Å². The standard InChI is InChI=1S/C10H12F3NO4S/c1-7(6-15)14-19(16,17)9-4-2-3-8(5-9)18-10(11,12)13/h2-5,7,14-15H,6H2,1H3/t7-/m1/s1. The fourth-order valence-electron chi connectivity index (χ4n) is 1.21. The van der Waals surface area contributed by atoms with Gasteiger partial charge in [0.15, 0.2) is 0 Å². The van der Waals surface area contributed by atoms with E-state index in [0.717, 1.165) is 24.3 Å². The first kappa shape index (κ1) is 15.7.